The number of carbonyl (C=O) groups excluding carboxylic acids is 1. The summed E-state index contributed by atoms with van der Waals surface area (Å²) in [6.07, 6.45) is 1.09. The molecule has 0 aliphatic heterocycles. The Hall–Kier alpha value is -1.16. The van der Waals surface area contributed by atoms with E-state index in [1.54, 1.807) is 18.7 Å². The van der Waals surface area contributed by atoms with E-state index < -0.39 is 0 Å². The monoisotopic (exact) mass is 267 g/mol. The molecule has 0 aliphatic rings. The SMILES string of the molecule is CCOC(=O)c1cc(SC(C)CC)cc(C)c1N. The van der Waals surface area contributed by atoms with Gasteiger partial charge in [0.25, 0.3) is 0 Å². The minimum atomic E-state index is -0.343. The first-order chi connectivity index (χ1) is 8.49. The number of hydrogen-bond acceptors (Lipinski definition) is 4. The van der Waals surface area contributed by atoms with Crippen molar-refractivity contribution in [1.29, 1.82) is 0 Å². The molecule has 4 heteroatoms. The second-order valence-corrected chi connectivity index (χ2v) is 5.77. The fraction of sp³-hybridized carbons (Fsp3) is 0.500. The molecule has 0 aliphatic carbocycles. The summed E-state index contributed by atoms with van der Waals surface area (Å²) in [5, 5.41) is 0.517. The summed E-state index contributed by atoms with van der Waals surface area (Å²) in [6.45, 7) is 8.38. The van der Waals surface area contributed by atoms with Crippen LogP contribution in [0.4, 0.5) is 5.69 Å². The van der Waals surface area contributed by atoms with Crippen LogP contribution >= 0.6 is 11.8 Å². The highest BCUT2D eigenvalue weighted by Gasteiger charge is 2.15. The van der Waals surface area contributed by atoms with Crippen molar-refractivity contribution in [2.45, 2.75) is 44.3 Å². The molecule has 3 nitrogen and oxygen atoms in total. The lowest BCUT2D eigenvalue weighted by atomic mass is 10.1. The average Bonchev–Trinajstić information content (AvgIpc) is 2.33. The van der Waals surface area contributed by atoms with Crippen LogP contribution in [0, 0.1) is 6.92 Å². The van der Waals surface area contributed by atoms with E-state index in [0.717, 1.165) is 16.9 Å². The molecule has 0 heterocycles. The number of aryl methyl sites for hydroxylation is 1. The molecule has 1 rings (SSSR count). The molecule has 1 unspecified atom stereocenters. The van der Waals surface area contributed by atoms with Crippen LogP contribution in [-0.2, 0) is 4.74 Å². The van der Waals surface area contributed by atoms with Crippen molar-refractivity contribution in [2.24, 2.45) is 0 Å². The van der Waals surface area contributed by atoms with Crippen LogP contribution in [0.2, 0.25) is 0 Å². The number of rotatable bonds is 5. The van der Waals surface area contributed by atoms with Crippen LogP contribution < -0.4 is 5.73 Å². The Morgan fingerprint density at radius 1 is 1.44 bits per heavy atom. The predicted molar refractivity (Wildman–Crippen MR) is 77.2 cm³/mol. The molecule has 0 radical (unpaired) electrons. The standard InChI is InChI=1S/C14H21NO2S/c1-5-10(4)18-11-7-9(3)13(15)12(8-11)14(16)17-6-2/h7-8,10H,5-6,15H2,1-4H3. The van der Waals surface area contributed by atoms with Crippen molar-refractivity contribution >= 4 is 23.4 Å². The second kappa shape index (κ2) is 6.69. The van der Waals surface area contributed by atoms with Gasteiger partial charge in [-0.05, 0) is 38.0 Å². The third-order valence-corrected chi connectivity index (χ3v) is 4.01. The van der Waals surface area contributed by atoms with Crippen molar-refractivity contribution in [3.63, 3.8) is 0 Å². The number of nitrogens with two attached hydrogens (primary N) is 1. The minimum Gasteiger partial charge on any atom is -0.462 e. The number of carbonyl (C=O) groups is 1. The van der Waals surface area contributed by atoms with E-state index in [0.29, 0.717) is 23.1 Å². The highest BCUT2D eigenvalue weighted by Crippen LogP contribution is 2.30. The number of hydrogen-bond donors (Lipinski definition) is 1. The molecular weight excluding hydrogens is 246 g/mol. The third-order valence-electron chi connectivity index (χ3n) is 2.77. The molecule has 0 amide bonds. The third kappa shape index (κ3) is 3.67. The Bertz CT molecular complexity index is 432. The molecule has 1 aromatic carbocycles. The molecule has 0 spiro atoms. The highest BCUT2D eigenvalue weighted by molar-refractivity contribution is 7.99. The Kier molecular flexibility index (Phi) is 5.54. The Morgan fingerprint density at radius 2 is 2.11 bits per heavy atom. The first kappa shape index (κ1) is 14.9. The van der Waals surface area contributed by atoms with Crippen molar-refractivity contribution in [3.05, 3.63) is 23.3 Å². The van der Waals surface area contributed by atoms with Gasteiger partial charge < -0.3 is 10.5 Å². The summed E-state index contributed by atoms with van der Waals surface area (Å²) in [7, 11) is 0. The fourth-order valence-corrected chi connectivity index (χ4v) is 2.59. The van der Waals surface area contributed by atoms with Gasteiger partial charge in [-0.1, -0.05) is 13.8 Å². The number of nitrogen functional groups attached to an aromatic ring is 1. The zero-order chi connectivity index (χ0) is 13.7. The van der Waals surface area contributed by atoms with Gasteiger partial charge in [0.15, 0.2) is 0 Å². The predicted octanol–water partition coefficient (Wildman–Crippen LogP) is 3.64. The van der Waals surface area contributed by atoms with Crippen LogP contribution in [0.5, 0.6) is 0 Å². The van der Waals surface area contributed by atoms with Crippen LogP contribution in [0.25, 0.3) is 0 Å². The molecule has 0 saturated heterocycles. The van der Waals surface area contributed by atoms with E-state index in [-0.39, 0.29) is 5.97 Å². The van der Waals surface area contributed by atoms with Gasteiger partial charge in [0, 0.05) is 15.8 Å². The van der Waals surface area contributed by atoms with E-state index in [2.05, 4.69) is 13.8 Å². The van der Waals surface area contributed by atoms with E-state index in [1.807, 2.05) is 19.1 Å². The van der Waals surface area contributed by atoms with E-state index in [9.17, 15) is 4.79 Å². The number of thioether (sulfide) groups is 1. The molecule has 0 fully saturated rings. The van der Waals surface area contributed by atoms with Gasteiger partial charge in [-0.25, -0.2) is 4.79 Å². The summed E-state index contributed by atoms with van der Waals surface area (Å²) in [5.41, 5.74) is 7.85. The highest BCUT2D eigenvalue weighted by atomic mass is 32.2. The van der Waals surface area contributed by atoms with Gasteiger partial charge in [-0.3, -0.25) is 0 Å². The smallest absolute Gasteiger partial charge is 0.340 e. The number of ether oxygens (including phenoxy) is 1. The molecule has 2 N–H and O–H groups in total. The van der Waals surface area contributed by atoms with Crippen LogP contribution in [0.1, 0.15) is 43.1 Å². The maximum absolute atomic E-state index is 11.8. The summed E-state index contributed by atoms with van der Waals surface area (Å²) < 4.78 is 5.02. The van der Waals surface area contributed by atoms with Gasteiger partial charge >= 0.3 is 5.97 Å². The number of anilines is 1. The fourth-order valence-electron chi connectivity index (χ4n) is 1.53. The summed E-state index contributed by atoms with van der Waals surface area (Å²) in [5.74, 6) is -0.343. The zero-order valence-electron chi connectivity index (χ0n) is 11.4. The van der Waals surface area contributed by atoms with Gasteiger partial charge in [-0.15, -0.1) is 11.8 Å². The molecule has 18 heavy (non-hydrogen) atoms. The molecular formula is C14H21NO2S. The summed E-state index contributed by atoms with van der Waals surface area (Å²) >= 11 is 1.75. The topological polar surface area (TPSA) is 52.3 Å². The first-order valence-electron chi connectivity index (χ1n) is 6.23. The van der Waals surface area contributed by atoms with Crippen molar-refractivity contribution in [2.75, 3.05) is 12.3 Å². The van der Waals surface area contributed by atoms with E-state index in [4.69, 9.17) is 10.5 Å². The average molecular weight is 267 g/mol. The zero-order valence-corrected chi connectivity index (χ0v) is 12.3. The molecule has 0 saturated carbocycles. The lowest BCUT2D eigenvalue weighted by molar-refractivity contribution is 0.0527. The summed E-state index contributed by atoms with van der Waals surface area (Å²) in [6, 6.07) is 3.85. The molecule has 0 bridgehead atoms. The van der Waals surface area contributed by atoms with Crippen molar-refractivity contribution in [3.8, 4) is 0 Å². The molecule has 1 aromatic rings. The van der Waals surface area contributed by atoms with Gasteiger partial charge in [0.2, 0.25) is 0 Å². The Morgan fingerprint density at radius 3 is 2.67 bits per heavy atom. The van der Waals surface area contributed by atoms with E-state index >= 15 is 0 Å². The quantitative estimate of drug-likeness (QED) is 0.502. The van der Waals surface area contributed by atoms with Crippen LogP contribution in [0.15, 0.2) is 17.0 Å². The van der Waals surface area contributed by atoms with Crippen LogP contribution in [0.3, 0.4) is 0 Å². The molecule has 100 valence electrons. The van der Waals surface area contributed by atoms with Gasteiger partial charge in [-0.2, -0.15) is 0 Å². The second-order valence-electron chi connectivity index (χ2n) is 4.26. The Balaban J connectivity index is 3.06. The molecule has 1 atom stereocenters. The van der Waals surface area contributed by atoms with Gasteiger partial charge in [0.1, 0.15) is 0 Å². The lowest BCUT2D eigenvalue weighted by Crippen LogP contribution is -2.09. The lowest BCUT2D eigenvalue weighted by Gasteiger charge is -2.13. The largest absolute Gasteiger partial charge is 0.462 e. The first-order valence-corrected chi connectivity index (χ1v) is 7.11. The maximum Gasteiger partial charge on any atom is 0.340 e. The van der Waals surface area contributed by atoms with Gasteiger partial charge in [0.05, 0.1) is 12.2 Å². The van der Waals surface area contributed by atoms with E-state index in [1.165, 1.54) is 0 Å². The van der Waals surface area contributed by atoms with Crippen molar-refractivity contribution in [1.82, 2.24) is 0 Å². The van der Waals surface area contributed by atoms with Crippen molar-refractivity contribution < 1.29 is 9.53 Å². The normalized spacial score (nSPS) is 12.2. The Labute approximate surface area is 113 Å². The minimum absolute atomic E-state index is 0.343. The molecule has 0 aromatic heterocycles. The maximum atomic E-state index is 11.8. The number of esters is 1. The number of benzene rings is 1. The summed E-state index contributed by atoms with van der Waals surface area (Å²) in [4.78, 5) is 12.9. The van der Waals surface area contributed by atoms with Crippen LogP contribution in [-0.4, -0.2) is 17.8 Å².